The summed E-state index contributed by atoms with van der Waals surface area (Å²) in [5, 5.41) is 11.7. The number of thiophene rings is 1. The van der Waals surface area contributed by atoms with Gasteiger partial charge in [0, 0.05) is 28.1 Å². The molecule has 0 spiro atoms. The van der Waals surface area contributed by atoms with Crippen LogP contribution < -0.4 is 0 Å². The van der Waals surface area contributed by atoms with Crippen molar-refractivity contribution < 1.29 is 4.39 Å². The molecule has 0 unspecified atom stereocenters. The molecule has 0 N–H and O–H groups in total. The second kappa shape index (κ2) is 6.62. The van der Waals surface area contributed by atoms with E-state index >= 15 is 0 Å². The van der Waals surface area contributed by atoms with Crippen LogP contribution in [0, 0.1) is 12.7 Å². The van der Waals surface area contributed by atoms with Crippen molar-refractivity contribution in [3.8, 4) is 11.4 Å². The predicted octanol–water partition coefficient (Wildman–Crippen LogP) is 4.77. The second-order valence-corrected chi connectivity index (χ2v) is 6.97. The largest absolute Gasteiger partial charge is 0.302 e. The fourth-order valence-electron chi connectivity index (χ4n) is 2.18. The molecule has 114 valence electrons. The van der Waals surface area contributed by atoms with Gasteiger partial charge in [-0.3, -0.25) is 0 Å². The highest BCUT2D eigenvalue weighted by Gasteiger charge is 2.14. The van der Waals surface area contributed by atoms with Crippen molar-refractivity contribution in [2.75, 3.05) is 0 Å². The summed E-state index contributed by atoms with van der Waals surface area (Å²) in [5.74, 6) is 1.45. The number of halogens is 1. The Bertz CT molecular complexity index is 762. The van der Waals surface area contributed by atoms with Gasteiger partial charge in [0.05, 0.1) is 0 Å². The first-order chi connectivity index (χ1) is 10.7. The summed E-state index contributed by atoms with van der Waals surface area (Å²) in [6.07, 6.45) is 0. The molecule has 0 saturated carbocycles. The third kappa shape index (κ3) is 3.23. The number of hydrogen-bond acceptors (Lipinski definition) is 4. The molecule has 0 amide bonds. The summed E-state index contributed by atoms with van der Waals surface area (Å²) >= 11 is 3.34. The number of aromatic nitrogens is 3. The zero-order valence-corrected chi connectivity index (χ0v) is 14.0. The van der Waals surface area contributed by atoms with Crippen molar-refractivity contribution >= 4 is 23.1 Å². The molecule has 2 aromatic heterocycles. The highest BCUT2D eigenvalue weighted by Crippen LogP contribution is 2.28. The van der Waals surface area contributed by atoms with Gasteiger partial charge in [-0.2, -0.15) is 0 Å². The van der Waals surface area contributed by atoms with Crippen LogP contribution in [0.1, 0.15) is 17.4 Å². The van der Waals surface area contributed by atoms with Gasteiger partial charge in [-0.25, -0.2) is 4.39 Å². The lowest BCUT2D eigenvalue weighted by atomic mass is 10.2. The smallest absolute Gasteiger partial charge is 0.191 e. The lowest BCUT2D eigenvalue weighted by Crippen LogP contribution is -1.99. The minimum atomic E-state index is -0.208. The summed E-state index contributed by atoms with van der Waals surface area (Å²) in [5.41, 5.74) is 2.19. The van der Waals surface area contributed by atoms with Crippen LogP contribution in [-0.2, 0) is 12.3 Å². The third-order valence-electron chi connectivity index (χ3n) is 3.30. The topological polar surface area (TPSA) is 30.7 Å². The van der Waals surface area contributed by atoms with E-state index in [0.29, 0.717) is 0 Å². The van der Waals surface area contributed by atoms with E-state index in [1.807, 2.05) is 0 Å². The molecule has 0 aliphatic rings. The number of thioether (sulfide) groups is 1. The standard InChI is InChI=1S/C16H16FN3S2/c1-3-20-15(13-8-11(2)21-10-13)18-19-16(20)22-9-12-4-6-14(17)7-5-12/h4-8,10H,3,9H2,1-2H3. The molecular weight excluding hydrogens is 317 g/mol. The second-order valence-electron chi connectivity index (χ2n) is 4.91. The monoisotopic (exact) mass is 333 g/mol. The fraction of sp³-hybridized carbons (Fsp3) is 0.250. The maximum Gasteiger partial charge on any atom is 0.191 e. The molecule has 6 heteroatoms. The Balaban J connectivity index is 1.79. The summed E-state index contributed by atoms with van der Waals surface area (Å²) in [4.78, 5) is 1.26. The molecule has 1 aromatic carbocycles. The Hall–Kier alpha value is -1.66. The molecule has 3 nitrogen and oxygen atoms in total. The molecule has 0 atom stereocenters. The molecule has 3 aromatic rings. The SMILES string of the molecule is CCn1c(SCc2ccc(F)cc2)nnc1-c1csc(C)c1. The van der Waals surface area contributed by atoms with Crippen LogP contribution in [0.15, 0.2) is 40.9 Å². The van der Waals surface area contributed by atoms with Gasteiger partial charge in [0.15, 0.2) is 11.0 Å². The van der Waals surface area contributed by atoms with E-state index < -0.39 is 0 Å². The number of hydrogen-bond donors (Lipinski definition) is 0. The van der Waals surface area contributed by atoms with Crippen molar-refractivity contribution in [3.05, 3.63) is 52.0 Å². The van der Waals surface area contributed by atoms with Gasteiger partial charge in [0.25, 0.3) is 0 Å². The Morgan fingerprint density at radius 1 is 1.23 bits per heavy atom. The van der Waals surface area contributed by atoms with Crippen LogP contribution in [0.5, 0.6) is 0 Å². The van der Waals surface area contributed by atoms with Crippen LogP contribution in [0.3, 0.4) is 0 Å². The zero-order chi connectivity index (χ0) is 15.5. The average Bonchev–Trinajstić information content (AvgIpc) is 3.12. The van der Waals surface area contributed by atoms with E-state index in [2.05, 4.69) is 40.1 Å². The summed E-state index contributed by atoms with van der Waals surface area (Å²) in [7, 11) is 0. The molecular formula is C16H16FN3S2. The first-order valence-electron chi connectivity index (χ1n) is 7.03. The van der Waals surface area contributed by atoms with Crippen LogP contribution in [0.2, 0.25) is 0 Å². The van der Waals surface area contributed by atoms with Gasteiger partial charge in [0.1, 0.15) is 5.82 Å². The average molecular weight is 333 g/mol. The van der Waals surface area contributed by atoms with Gasteiger partial charge >= 0.3 is 0 Å². The number of rotatable bonds is 5. The van der Waals surface area contributed by atoms with E-state index in [0.717, 1.165) is 34.4 Å². The first kappa shape index (κ1) is 15.2. The summed E-state index contributed by atoms with van der Waals surface area (Å²) < 4.78 is 15.1. The normalized spacial score (nSPS) is 11.0. The molecule has 22 heavy (non-hydrogen) atoms. The van der Waals surface area contributed by atoms with Crippen LogP contribution in [0.25, 0.3) is 11.4 Å². The Labute approximate surface area is 137 Å². The maximum atomic E-state index is 12.9. The van der Waals surface area contributed by atoms with E-state index in [1.165, 1.54) is 17.0 Å². The van der Waals surface area contributed by atoms with Gasteiger partial charge in [0.2, 0.25) is 0 Å². The van der Waals surface area contributed by atoms with E-state index in [1.54, 1.807) is 35.2 Å². The molecule has 0 aliphatic heterocycles. The third-order valence-corrected chi connectivity index (χ3v) is 5.20. The van der Waals surface area contributed by atoms with E-state index in [-0.39, 0.29) is 5.82 Å². The Morgan fingerprint density at radius 3 is 2.64 bits per heavy atom. The van der Waals surface area contributed by atoms with Crippen LogP contribution in [0.4, 0.5) is 4.39 Å². The molecule has 3 rings (SSSR count). The van der Waals surface area contributed by atoms with Gasteiger partial charge in [-0.1, -0.05) is 23.9 Å². The summed E-state index contributed by atoms with van der Waals surface area (Å²) in [6.45, 7) is 5.00. The maximum absolute atomic E-state index is 12.9. The molecule has 2 heterocycles. The molecule has 0 radical (unpaired) electrons. The lowest BCUT2D eigenvalue weighted by Gasteiger charge is -2.06. The van der Waals surface area contributed by atoms with E-state index in [9.17, 15) is 4.39 Å². The van der Waals surface area contributed by atoms with Crippen molar-refractivity contribution in [1.29, 1.82) is 0 Å². The number of aryl methyl sites for hydroxylation is 1. The quantitative estimate of drug-likeness (QED) is 0.630. The Kier molecular flexibility index (Phi) is 4.59. The van der Waals surface area contributed by atoms with Gasteiger partial charge in [-0.05, 0) is 37.6 Å². The Morgan fingerprint density at radius 2 is 2.00 bits per heavy atom. The van der Waals surface area contributed by atoms with Crippen molar-refractivity contribution in [2.24, 2.45) is 0 Å². The molecule has 0 saturated heterocycles. The zero-order valence-electron chi connectivity index (χ0n) is 12.4. The minimum Gasteiger partial charge on any atom is -0.302 e. The van der Waals surface area contributed by atoms with Gasteiger partial charge in [-0.15, -0.1) is 21.5 Å². The predicted molar refractivity (Wildman–Crippen MR) is 89.7 cm³/mol. The molecule has 0 bridgehead atoms. The lowest BCUT2D eigenvalue weighted by molar-refractivity contribution is 0.627. The summed E-state index contributed by atoms with van der Waals surface area (Å²) in [6, 6.07) is 8.71. The highest BCUT2D eigenvalue weighted by molar-refractivity contribution is 7.98. The van der Waals surface area contributed by atoms with Crippen molar-refractivity contribution in [3.63, 3.8) is 0 Å². The highest BCUT2D eigenvalue weighted by atomic mass is 32.2. The van der Waals surface area contributed by atoms with Crippen LogP contribution in [-0.4, -0.2) is 14.8 Å². The van der Waals surface area contributed by atoms with E-state index in [4.69, 9.17) is 0 Å². The molecule has 0 aliphatic carbocycles. The molecule has 0 fully saturated rings. The number of benzene rings is 1. The fourth-order valence-corrected chi connectivity index (χ4v) is 3.82. The van der Waals surface area contributed by atoms with Crippen molar-refractivity contribution in [1.82, 2.24) is 14.8 Å². The van der Waals surface area contributed by atoms with Crippen molar-refractivity contribution in [2.45, 2.75) is 31.3 Å². The first-order valence-corrected chi connectivity index (χ1v) is 8.90. The minimum absolute atomic E-state index is 0.208. The van der Waals surface area contributed by atoms with Crippen LogP contribution >= 0.6 is 23.1 Å². The number of nitrogens with zero attached hydrogens (tertiary/aromatic N) is 3. The van der Waals surface area contributed by atoms with Gasteiger partial charge < -0.3 is 4.57 Å².